The molecule has 0 aliphatic carbocycles. The van der Waals surface area contributed by atoms with Gasteiger partial charge < -0.3 is 37.8 Å². The Kier molecular flexibility index (Phi) is 17.9. The lowest BCUT2D eigenvalue weighted by molar-refractivity contribution is -0.145. The third-order valence-corrected chi connectivity index (χ3v) is 3.05. The van der Waals surface area contributed by atoms with Crippen molar-refractivity contribution in [3.63, 3.8) is 0 Å². The van der Waals surface area contributed by atoms with Crippen LogP contribution in [0.25, 0.3) is 0 Å². The molecule has 1 unspecified atom stereocenters. The second-order valence-corrected chi connectivity index (χ2v) is 5.92. The van der Waals surface area contributed by atoms with Crippen molar-refractivity contribution in [2.75, 3.05) is 6.54 Å². The van der Waals surface area contributed by atoms with Crippen LogP contribution in [0.4, 0.5) is 0 Å². The van der Waals surface area contributed by atoms with Gasteiger partial charge in [0.05, 0.1) is 0 Å². The minimum atomic E-state index is -1.20. The van der Waals surface area contributed by atoms with Gasteiger partial charge in [-0.05, 0) is 40.2 Å². The monoisotopic (exact) mass is 408 g/mol. The van der Waals surface area contributed by atoms with Crippen LogP contribution in [0, 0.1) is 5.92 Å². The molecule has 0 heterocycles. The Bertz CT molecular complexity index is 505. The predicted octanol–water partition coefficient (Wildman–Crippen LogP) is -1.64. The quantitative estimate of drug-likeness (QED) is 0.228. The van der Waals surface area contributed by atoms with E-state index in [1.807, 2.05) is 0 Å². The summed E-state index contributed by atoms with van der Waals surface area (Å²) < 4.78 is 0. The summed E-state index contributed by atoms with van der Waals surface area (Å²) >= 11 is 0. The number of rotatable bonds is 9. The number of Topliss-reactive ketones (excluding diaryl/α,β-unsaturated/α-hetero) is 1. The summed E-state index contributed by atoms with van der Waals surface area (Å²) in [7, 11) is 0. The molecule has 0 radical (unpaired) electrons. The molecule has 0 fully saturated rings. The highest BCUT2D eigenvalue weighted by molar-refractivity contribution is 5.89. The Balaban J connectivity index is -0.000000426. The fraction of sp³-hybridized carbons (Fsp3) is 0.688. The molecule has 28 heavy (non-hydrogen) atoms. The maximum absolute atomic E-state index is 11.3. The number of hydrogen-bond acceptors (Lipinski definition) is 8. The lowest BCUT2D eigenvalue weighted by Crippen LogP contribution is -2.47. The van der Waals surface area contributed by atoms with Crippen LogP contribution in [0.3, 0.4) is 0 Å². The standard InChI is InChI=1S/C10H18N2O4.2C3H7NO2/c1-6(13)8(4-3-5-11)9(10(15)16)12-7(2)14;2*1-2(4)3(5)6/h8-9H,3-5,11H2,1-2H3,(H,12,14)(H,15,16);2*2H,4H2,1H3,(H,5,6)/t8?,9-;2*2-/m011/s1. The first kappa shape index (κ1) is 30.2. The number of carbonyl (C=O) groups is 5. The van der Waals surface area contributed by atoms with Crippen LogP contribution in [0.15, 0.2) is 0 Å². The number of aliphatic carboxylic acids is 3. The summed E-state index contributed by atoms with van der Waals surface area (Å²) in [4.78, 5) is 52.3. The van der Waals surface area contributed by atoms with E-state index < -0.39 is 47.9 Å². The molecule has 0 bridgehead atoms. The lowest BCUT2D eigenvalue weighted by Gasteiger charge is -2.21. The van der Waals surface area contributed by atoms with Crippen LogP contribution in [-0.2, 0) is 24.0 Å². The number of carboxylic acid groups (broad SMARTS) is 3. The summed E-state index contributed by atoms with van der Waals surface area (Å²) in [5, 5.41) is 26.9. The molecular weight excluding hydrogens is 376 g/mol. The smallest absolute Gasteiger partial charge is 0.326 e. The van der Waals surface area contributed by atoms with Gasteiger partial charge in [-0.2, -0.15) is 0 Å². The third-order valence-electron chi connectivity index (χ3n) is 3.05. The normalized spacial score (nSPS) is 13.8. The fourth-order valence-corrected chi connectivity index (χ4v) is 1.50. The average Bonchev–Trinajstić information content (AvgIpc) is 2.54. The summed E-state index contributed by atoms with van der Waals surface area (Å²) in [6, 6.07) is -2.63. The van der Waals surface area contributed by atoms with Gasteiger partial charge in [-0.3, -0.25) is 19.2 Å². The molecule has 0 aromatic heterocycles. The number of ketones is 1. The van der Waals surface area contributed by atoms with Crippen LogP contribution in [0.5, 0.6) is 0 Å². The number of nitrogens with two attached hydrogens (primary N) is 3. The Hall–Kier alpha value is -2.57. The summed E-state index contributed by atoms with van der Waals surface area (Å²) in [6.07, 6.45) is 0.913. The molecule has 164 valence electrons. The van der Waals surface area contributed by atoms with Crippen LogP contribution >= 0.6 is 0 Å². The molecule has 10 N–H and O–H groups in total. The van der Waals surface area contributed by atoms with E-state index in [1.165, 1.54) is 27.7 Å². The average molecular weight is 408 g/mol. The molecule has 0 saturated carbocycles. The minimum absolute atomic E-state index is 0.255. The van der Waals surface area contributed by atoms with Gasteiger partial charge in [0.2, 0.25) is 5.91 Å². The van der Waals surface area contributed by atoms with Crippen molar-refractivity contribution in [3.8, 4) is 0 Å². The Labute approximate surface area is 163 Å². The Morgan fingerprint density at radius 1 is 0.857 bits per heavy atom. The Morgan fingerprint density at radius 3 is 1.39 bits per heavy atom. The molecule has 12 nitrogen and oxygen atoms in total. The first-order valence-electron chi connectivity index (χ1n) is 8.36. The van der Waals surface area contributed by atoms with Crippen molar-refractivity contribution in [1.29, 1.82) is 0 Å². The van der Waals surface area contributed by atoms with E-state index in [1.54, 1.807) is 0 Å². The zero-order chi connectivity index (χ0) is 23.0. The van der Waals surface area contributed by atoms with Crippen LogP contribution < -0.4 is 22.5 Å². The van der Waals surface area contributed by atoms with E-state index in [0.29, 0.717) is 19.4 Å². The minimum Gasteiger partial charge on any atom is -0.480 e. The SMILES string of the molecule is CC(=O)N[C@H](C(=O)O)C(CCCN)C(C)=O.C[C@@H](N)C(=O)O.C[C@@H](N)C(=O)O. The number of nitrogens with one attached hydrogen (secondary N) is 1. The van der Waals surface area contributed by atoms with Crippen LogP contribution in [0.2, 0.25) is 0 Å². The molecule has 0 aromatic rings. The van der Waals surface area contributed by atoms with E-state index in [0.717, 1.165) is 0 Å². The number of carboxylic acids is 3. The van der Waals surface area contributed by atoms with E-state index >= 15 is 0 Å². The second-order valence-electron chi connectivity index (χ2n) is 5.92. The van der Waals surface area contributed by atoms with Gasteiger partial charge in [-0.25, -0.2) is 4.79 Å². The predicted molar refractivity (Wildman–Crippen MR) is 100 cm³/mol. The van der Waals surface area contributed by atoms with Gasteiger partial charge in [0.15, 0.2) is 0 Å². The van der Waals surface area contributed by atoms with Gasteiger partial charge >= 0.3 is 17.9 Å². The second kappa shape index (κ2) is 16.6. The first-order chi connectivity index (χ1) is 12.7. The highest BCUT2D eigenvalue weighted by Gasteiger charge is 2.31. The molecule has 0 spiro atoms. The first-order valence-corrected chi connectivity index (χ1v) is 8.36. The van der Waals surface area contributed by atoms with Gasteiger partial charge in [0.1, 0.15) is 23.9 Å². The number of amides is 1. The van der Waals surface area contributed by atoms with Crippen molar-refractivity contribution >= 4 is 29.6 Å². The molecule has 0 aromatic carbocycles. The molecule has 0 aliphatic heterocycles. The van der Waals surface area contributed by atoms with E-state index in [-0.39, 0.29) is 5.78 Å². The zero-order valence-electron chi connectivity index (χ0n) is 16.5. The van der Waals surface area contributed by atoms with Crippen molar-refractivity contribution in [2.45, 2.75) is 58.7 Å². The summed E-state index contributed by atoms with van der Waals surface area (Å²) in [6.45, 7) is 5.76. The Morgan fingerprint density at radius 2 is 1.21 bits per heavy atom. The van der Waals surface area contributed by atoms with Crippen LogP contribution in [-0.4, -0.2) is 69.6 Å². The van der Waals surface area contributed by atoms with Gasteiger partial charge in [0, 0.05) is 12.8 Å². The molecule has 12 heteroatoms. The van der Waals surface area contributed by atoms with E-state index in [9.17, 15) is 24.0 Å². The lowest BCUT2D eigenvalue weighted by atomic mass is 9.91. The number of hydrogen-bond donors (Lipinski definition) is 7. The number of carbonyl (C=O) groups excluding carboxylic acids is 2. The van der Waals surface area contributed by atoms with Crippen molar-refractivity contribution in [3.05, 3.63) is 0 Å². The molecule has 0 aliphatic rings. The summed E-state index contributed by atoms with van der Waals surface area (Å²) in [5.41, 5.74) is 15.0. The van der Waals surface area contributed by atoms with Gasteiger partial charge in [-0.15, -0.1) is 0 Å². The largest absolute Gasteiger partial charge is 0.480 e. The molecule has 4 atom stereocenters. The molecule has 1 amide bonds. The fourth-order valence-electron chi connectivity index (χ4n) is 1.50. The van der Waals surface area contributed by atoms with Gasteiger partial charge in [-0.1, -0.05) is 0 Å². The topological polar surface area (TPSA) is 236 Å². The highest BCUT2D eigenvalue weighted by atomic mass is 16.4. The maximum Gasteiger partial charge on any atom is 0.326 e. The van der Waals surface area contributed by atoms with Crippen molar-refractivity contribution < 1.29 is 39.3 Å². The zero-order valence-corrected chi connectivity index (χ0v) is 16.5. The van der Waals surface area contributed by atoms with Crippen molar-refractivity contribution in [1.82, 2.24) is 5.32 Å². The van der Waals surface area contributed by atoms with Crippen molar-refractivity contribution in [2.24, 2.45) is 23.1 Å². The van der Waals surface area contributed by atoms with Crippen LogP contribution in [0.1, 0.15) is 40.5 Å². The van der Waals surface area contributed by atoms with E-state index in [4.69, 9.17) is 32.5 Å². The molecular formula is C16H32N4O8. The molecule has 0 rings (SSSR count). The molecule has 0 saturated heterocycles. The van der Waals surface area contributed by atoms with Gasteiger partial charge in [0.25, 0.3) is 0 Å². The third kappa shape index (κ3) is 18.2. The van der Waals surface area contributed by atoms with E-state index in [2.05, 4.69) is 5.32 Å². The summed E-state index contributed by atoms with van der Waals surface area (Å²) in [5.74, 6) is -4.57. The maximum atomic E-state index is 11.3. The highest BCUT2D eigenvalue weighted by Crippen LogP contribution is 2.13.